The van der Waals surface area contributed by atoms with Crippen LogP contribution in [0.3, 0.4) is 0 Å². The van der Waals surface area contributed by atoms with Gasteiger partial charge in [0.05, 0.1) is 5.69 Å². The van der Waals surface area contributed by atoms with E-state index in [2.05, 4.69) is 15.6 Å². The van der Waals surface area contributed by atoms with E-state index in [1.165, 1.54) is 12.8 Å². The summed E-state index contributed by atoms with van der Waals surface area (Å²) >= 11 is 0. The molecule has 1 amide bonds. The third-order valence-electron chi connectivity index (χ3n) is 5.47. The number of halogens is 1. The van der Waals surface area contributed by atoms with Crippen LogP contribution in [0.1, 0.15) is 30.7 Å². The van der Waals surface area contributed by atoms with E-state index in [9.17, 15) is 9.90 Å². The highest BCUT2D eigenvalue weighted by molar-refractivity contribution is 6.26. The number of ether oxygens (including phenoxy) is 1. The Bertz CT molecular complexity index is 1120. The molecular weight excluding hydrogens is 416 g/mol. The SMILES string of the molecule is Cl.O=C(Nc1ccc(OCCNC2CC2)cc1)C1=C(O)CCc2c1nc1ccccn21. The highest BCUT2D eigenvalue weighted by Crippen LogP contribution is 2.31. The van der Waals surface area contributed by atoms with Crippen LogP contribution in [0.25, 0.3) is 11.2 Å². The van der Waals surface area contributed by atoms with E-state index in [4.69, 9.17) is 4.74 Å². The minimum atomic E-state index is -0.362. The first-order chi connectivity index (χ1) is 14.7. The van der Waals surface area contributed by atoms with Crippen molar-refractivity contribution in [2.45, 2.75) is 31.7 Å². The number of aliphatic hydroxyl groups excluding tert-OH is 1. The summed E-state index contributed by atoms with van der Waals surface area (Å²) in [4.78, 5) is 17.5. The number of hydrogen-bond acceptors (Lipinski definition) is 5. The number of carbonyl (C=O) groups excluding carboxylic acids is 1. The summed E-state index contributed by atoms with van der Waals surface area (Å²) < 4.78 is 7.69. The lowest BCUT2D eigenvalue weighted by molar-refractivity contribution is -0.111. The first-order valence-electron chi connectivity index (χ1n) is 10.3. The highest BCUT2D eigenvalue weighted by Gasteiger charge is 2.28. The van der Waals surface area contributed by atoms with Gasteiger partial charge in [0.15, 0.2) is 0 Å². The first-order valence-corrected chi connectivity index (χ1v) is 10.3. The number of hydrogen-bond donors (Lipinski definition) is 3. The van der Waals surface area contributed by atoms with Gasteiger partial charge in [-0.2, -0.15) is 0 Å². The van der Waals surface area contributed by atoms with Gasteiger partial charge in [-0.25, -0.2) is 4.98 Å². The molecule has 1 saturated carbocycles. The molecule has 8 heteroatoms. The molecule has 2 aromatic heterocycles. The van der Waals surface area contributed by atoms with Crippen molar-refractivity contribution >= 4 is 35.2 Å². The number of pyridine rings is 1. The summed E-state index contributed by atoms with van der Waals surface area (Å²) in [5, 5.41) is 16.7. The van der Waals surface area contributed by atoms with Crippen molar-refractivity contribution in [2.24, 2.45) is 0 Å². The largest absolute Gasteiger partial charge is 0.511 e. The summed E-state index contributed by atoms with van der Waals surface area (Å²) in [7, 11) is 0. The Balaban J connectivity index is 0.00000231. The van der Waals surface area contributed by atoms with Gasteiger partial charge >= 0.3 is 0 Å². The van der Waals surface area contributed by atoms with Crippen LogP contribution >= 0.6 is 12.4 Å². The van der Waals surface area contributed by atoms with E-state index in [0.29, 0.717) is 36.9 Å². The van der Waals surface area contributed by atoms with E-state index in [1.807, 2.05) is 40.9 Å². The normalized spacial score (nSPS) is 15.4. The van der Waals surface area contributed by atoms with E-state index in [0.717, 1.165) is 23.6 Å². The van der Waals surface area contributed by atoms with E-state index >= 15 is 0 Å². The number of nitrogens with one attached hydrogen (secondary N) is 2. The summed E-state index contributed by atoms with van der Waals surface area (Å²) in [6.45, 7) is 1.44. The fourth-order valence-electron chi connectivity index (χ4n) is 3.77. The third-order valence-corrected chi connectivity index (χ3v) is 5.47. The molecule has 0 radical (unpaired) electrons. The number of rotatable bonds is 7. The lowest BCUT2D eigenvalue weighted by atomic mass is 9.97. The summed E-state index contributed by atoms with van der Waals surface area (Å²) in [6, 6.07) is 13.7. The van der Waals surface area contributed by atoms with Crippen molar-refractivity contribution in [3.8, 4) is 5.75 Å². The van der Waals surface area contributed by atoms with E-state index in [-0.39, 0.29) is 29.6 Å². The monoisotopic (exact) mass is 440 g/mol. The molecular formula is C23H25ClN4O3. The number of carbonyl (C=O) groups is 1. The maximum absolute atomic E-state index is 13.0. The molecule has 2 aliphatic rings. The van der Waals surface area contributed by atoms with Crippen LogP contribution in [0.5, 0.6) is 5.75 Å². The van der Waals surface area contributed by atoms with Crippen molar-refractivity contribution in [3.63, 3.8) is 0 Å². The van der Waals surface area contributed by atoms with Gasteiger partial charge in [-0.15, -0.1) is 12.4 Å². The molecule has 0 atom stereocenters. The second-order valence-corrected chi connectivity index (χ2v) is 7.71. The first kappa shape index (κ1) is 21.2. The van der Waals surface area contributed by atoms with Crippen LogP contribution in [-0.4, -0.2) is 39.6 Å². The zero-order chi connectivity index (χ0) is 20.5. The van der Waals surface area contributed by atoms with Crippen LogP contribution in [0.2, 0.25) is 0 Å². The number of anilines is 1. The zero-order valence-corrected chi connectivity index (χ0v) is 17.8. The Labute approximate surface area is 186 Å². The van der Waals surface area contributed by atoms with E-state index in [1.54, 1.807) is 12.1 Å². The molecule has 5 rings (SSSR count). The van der Waals surface area contributed by atoms with Crippen molar-refractivity contribution in [3.05, 3.63) is 65.8 Å². The second kappa shape index (κ2) is 8.99. The second-order valence-electron chi connectivity index (χ2n) is 7.71. The Hall–Kier alpha value is -3.03. The minimum Gasteiger partial charge on any atom is -0.511 e. The number of benzene rings is 1. The number of allylic oxidation sites excluding steroid dienone is 1. The number of aliphatic hydroxyl groups is 1. The average Bonchev–Trinajstić information content (AvgIpc) is 3.51. The smallest absolute Gasteiger partial charge is 0.261 e. The van der Waals surface area contributed by atoms with Crippen LogP contribution in [0.4, 0.5) is 5.69 Å². The maximum Gasteiger partial charge on any atom is 0.261 e. The minimum absolute atomic E-state index is 0. The Morgan fingerprint density at radius 2 is 1.97 bits per heavy atom. The van der Waals surface area contributed by atoms with Gasteiger partial charge in [0.1, 0.15) is 35.0 Å². The molecule has 0 saturated heterocycles. The maximum atomic E-state index is 13.0. The molecule has 2 heterocycles. The molecule has 31 heavy (non-hydrogen) atoms. The predicted octanol–water partition coefficient (Wildman–Crippen LogP) is 3.74. The molecule has 7 nitrogen and oxygen atoms in total. The van der Waals surface area contributed by atoms with Gasteiger partial charge in [0.25, 0.3) is 5.91 Å². The average molecular weight is 441 g/mol. The molecule has 1 aromatic carbocycles. The fraction of sp³-hybridized carbons (Fsp3) is 0.304. The molecule has 1 fully saturated rings. The topological polar surface area (TPSA) is 87.9 Å². The number of imidazole rings is 1. The molecule has 0 aliphatic heterocycles. The number of aryl methyl sites for hydroxylation is 1. The van der Waals surface area contributed by atoms with Crippen molar-refractivity contribution in [2.75, 3.05) is 18.5 Å². The lowest BCUT2D eigenvalue weighted by Crippen LogP contribution is -2.22. The van der Waals surface area contributed by atoms with Crippen LogP contribution < -0.4 is 15.4 Å². The fourth-order valence-corrected chi connectivity index (χ4v) is 3.77. The van der Waals surface area contributed by atoms with Gasteiger partial charge in [-0.1, -0.05) is 6.07 Å². The standard InChI is InChI=1S/C23H24N4O3.ClH/c28-19-11-10-18-22(26-20-3-1-2-13-27(18)20)21(19)23(29)25-16-6-8-17(9-7-16)30-14-12-24-15-4-5-15;/h1-3,6-9,13,15,24,28H,4-5,10-12,14H2,(H,25,29);1H. The number of aromatic nitrogens is 2. The van der Waals surface area contributed by atoms with Gasteiger partial charge < -0.3 is 24.9 Å². The lowest BCUT2D eigenvalue weighted by Gasteiger charge is -2.16. The Morgan fingerprint density at radius 1 is 1.16 bits per heavy atom. The summed E-state index contributed by atoms with van der Waals surface area (Å²) in [5.74, 6) is 0.471. The molecule has 3 N–H and O–H groups in total. The number of amides is 1. The number of fused-ring (bicyclic) bond motifs is 3. The Morgan fingerprint density at radius 3 is 2.74 bits per heavy atom. The molecule has 0 bridgehead atoms. The molecule has 0 spiro atoms. The van der Waals surface area contributed by atoms with Gasteiger partial charge in [0, 0.05) is 30.9 Å². The molecule has 0 unspecified atom stereocenters. The van der Waals surface area contributed by atoms with Gasteiger partial charge in [-0.3, -0.25) is 4.79 Å². The zero-order valence-electron chi connectivity index (χ0n) is 17.0. The third kappa shape index (κ3) is 4.52. The Kier molecular flexibility index (Phi) is 6.15. The molecule has 162 valence electrons. The van der Waals surface area contributed by atoms with Gasteiger partial charge in [-0.05, 0) is 55.7 Å². The van der Waals surface area contributed by atoms with Crippen molar-refractivity contribution in [1.82, 2.24) is 14.7 Å². The molecule has 3 aromatic rings. The quantitative estimate of drug-likeness (QED) is 0.487. The molecule has 2 aliphatic carbocycles. The van der Waals surface area contributed by atoms with E-state index < -0.39 is 0 Å². The van der Waals surface area contributed by atoms with Gasteiger partial charge in [0.2, 0.25) is 0 Å². The van der Waals surface area contributed by atoms with Crippen LogP contribution in [-0.2, 0) is 11.2 Å². The van der Waals surface area contributed by atoms with Crippen molar-refractivity contribution in [1.29, 1.82) is 0 Å². The number of nitrogens with zero attached hydrogens (tertiary/aromatic N) is 2. The predicted molar refractivity (Wildman–Crippen MR) is 122 cm³/mol. The van der Waals surface area contributed by atoms with Crippen LogP contribution in [0.15, 0.2) is 54.4 Å². The van der Waals surface area contributed by atoms with Crippen molar-refractivity contribution < 1.29 is 14.6 Å². The van der Waals surface area contributed by atoms with Crippen LogP contribution in [0, 0.1) is 0 Å². The summed E-state index contributed by atoms with van der Waals surface area (Å²) in [5.41, 5.74) is 3.13. The summed E-state index contributed by atoms with van der Waals surface area (Å²) in [6.07, 6.45) is 5.51. The highest BCUT2D eigenvalue weighted by atomic mass is 35.5.